The second-order valence-electron chi connectivity index (χ2n) is 5.61. The monoisotopic (exact) mass is 298 g/mol. The Kier molecular flexibility index (Phi) is 5.07. The summed E-state index contributed by atoms with van der Waals surface area (Å²) in [6.07, 6.45) is 2.98. The van der Waals surface area contributed by atoms with Gasteiger partial charge in [-0.15, -0.1) is 0 Å². The van der Waals surface area contributed by atoms with Gasteiger partial charge >= 0.3 is 0 Å². The van der Waals surface area contributed by atoms with Crippen LogP contribution in [-0.4, -0.2) is 49.3 Å². The van der Waals surface area contributed by atoms with Crippen molar-refractivity contribution in [1.29, 1.82) is 5.26 Å². The molecule has 0 bridgehead atoms. The van der Waals surface area contributed by atoms with Gasteiger partial charge in [0, 0.05) is 35.8 Å². The molecule has 0 radical (unpaired) electrons. The van der Waals surface area contributed by atoms with Gasteiger partial charge in [-0.25, -0.2) is 0 Å². The predicted molar refractivity (Wildman–Crippen MR) is 86.5 cm³/mol. The quantitative estimate of drug-likeness (QED) is 0.801. The van der Waals surface area contributed by atoms with Gasteiger partial charge in [-0.1, -0.05) is 18.2 Å². The van der Waals surface area contributed by atoms with Gasteiger partial charge in [0.2, 0.25) is 0 Å². The smallest absolute Gasteiger partial charge is 0.123 e. The van der Waals surface area contributed by atoms with E-state index < -0.39 is 0 Å². The van der Waals surface area contributed by atoms with Gasteiger partial charge in [-0.05, 0) is 25.6 Å². The molecule has 3 rings (SSSR count). The summed E-state index contributed by atoms with van der Waals surface area (Å²) in [5.41, 5.74) is 2.11. The zero-order chi connectivity index (χ0) is 15.2. The fraction of sp³-hybridized carbons (Fsp3) is 0.471. The van der Waals surface area contributed by atoms with Crippen molar-refractivity contribution in [2.24, 2.45) is 0 Å². The molecule has 22 heavy (non-hydrogen) atoms. The van der Waals surface area contributed by atoms with Gasteiger partial charge in [-0.2, -0.15) is 5.26 Å². The number of H-pyrrole nitrogens is 1. The summed E-state index contributed by atoms with van der Waals surface area (Å²) in [4.78, 5) is 5.65. The van der Waals surface area contributed by atoms with Gasteiger partial charge in [-0.3, -0.25) is 10.2 Å². The first-order valence-electron chi connectivity index (χ1n) is 7.87. The van der Waals surface area contributed by atoms with Crippen LogP contribution in [0.5, 0.6) is 0 Å². The van der Waals surface area contributed by atoms with Crippen LogP contribution in [0.2, 0.25) is 0 Å². The highest BCUT2D eigenvalue weighted by Gasteiger charge is 2.15. The lowest BCUT2D eigenvalue weighted by Gasteiger charge is -2.26. The predicted octanol–water partition coefficient (Wildman–Crippen LogP) is 2.04. The normalized spacial score (nSPS) is 17.4. The molecule has 116 valence electrons. The third-order valence-corrected chi connectivity index (χ3v) is 4.16. The molecule has 0 spiro atoms. The molecule has 0 saturated carbocycles. The number of nitrogens with zero attached hydrogens (tertiary/aromatic N) is 2. The Hall–Kier alpha value is -1.87. The number of nitrogens with one attached hydrogen (secondary N) is 2. The Balaban J connectivity index is 1.53. The highest BCUT2D eigenvalue weighted by molar-refractivity contribution is 5.83. The number of aromatic nitrogens is 1. The zero-order valence-electron chi connectivity index (χ0n) is 12.7. The third-order valence-electron chi connectivity index (χ3n) is 4.16. The Labute approximate surface area is 130 Å². The van der Waals surface area contributed by atoms with Crippen LogP contribution in [0, 0.1) is 11.3 Å². The highest BCUT2D eigenvalue weighted by atomic mass is 16.5. The standard InChI is InChI=1S/C17H22N4O/c18-12-17(15-13-20-16-5-2-1-4-14(15)16)19-6-3-7-21-8-10-22-11-9-21/h1-2,4-5,13,17,19-20H,3,6-11H2. The van der Waals surface area contributed by atoms with Crippen molar-refractivity contribution in [2.45, 2.75) is 12.5 Å². The minimum absolute atomic E-state index is 0.263. The third kappa shape index (κ3) is 3.47. The minimum Gasteiger partial charge on any atom is -0.379 e. The molecule has 2 heterocycles. The zero-order valence-corrected chi connectivity index (χ0v) is 12.7. The van der Waals surface area contributed by atoms with Gasteiger partial charge in [0.15, 0.2) is 0 Å². The van der Waals surface area contributed by atoms with Crippen LogP contribution in [0.25, 0.3) is 10.9 Å². The van der Waals surface area contributed by atoms with Gasteiger partial charge < -0.3 is 9.72 Å². The van der Waals surface area contributed by atoms with Crippen molar-refractivity contribution < 1.29 is 4.74 Å². The number of para-hydroxylation sites is 1. The SMILES string of the molecule is N#CC(NCCCN1CCOCC1)c1c[nH]c2ccccc12. The molecule has 1 aromatic carbocycles. The molecular formula is C17H22N4O. The van der Waals surface area contributed by atoms with Crippen LogP contribution >= 0.6 is 0 Å². The maximum absolute atomic E-state index is 9.45. The van der Waals surface area contributed by atoms with Crippen molar-refractivity contribution in [3.63, 3.8) is 0 Å². The number of fused-ring (bicyclic) bond motifs is 1. The molecule has 1 atom stereocenters. The van der Waals surface area contributed by atoms with Gasteiger partial charge in [0.05, 0.1) is 19.3 Å². The molecule has 1 fully saturated rings. The van der Waals surface area contributed by atoms with E-state index in [-0.39, 0.29) is 6.04 Å². The average molecular weight is 298 g/mol. The van der Waals surface area contributed by atoms with Gasteiger partial charge in [0.1, 0.15) is 6.04 Å². The van der Waals surface area contributed by atoms with E-state index in [1.165, 1.54) is 0 Å². The summed E-state index contributed by atoms with van der Waals surface area (Å²) in [6, 6.07) is 10.2. The van der Waals surface area contributed by atoms with E-state index in [9.17, 15) is 5.26 Å². The molecule has 1 saturated heterocycles. The first kappa shape index (κ1) is 15.0. The van der Waals surface area contributed by atoms with E-state index in [2.05, 4.69) is 27.3 Å². The molecule has 5 heteroatoms. The van der Waals surface area contributed by atoms with Crippen molar-refractivity contribution >= 4 is 10.9 Å². The number of morpholine rings is 1. The average Bonchev–Trinajstić information content (AvgIpc) is 3.00. The summed E-state index contributed by atoms with van der Waals surface area (Å²) in [5, 5.41) is 13.9. The van der Waals surface area contributed by atoms with E-state index in [0.29, 0.717) is 0 Å². The lowest BCUT2D eigenvalue weighted by molar-refractivity contribution is 0.0374. The van der Waals surface area contributed by atoms with Gasteiger partial charge in [0.25, 0.3) is 0 Å². The fourth-order valence-corrected chi connectivity index (χ4v) is 2.93. The Morgan fingerprint density at radius 1 is 1.32 bits per heavy atom. The van der Waals surface area contributed by atoms with Crippen LogP contribution in [0.1, 0.15) is 18.0 Å². The molecule has 2 aromatic rings. The Bertz CT molecular complexity index is 639. The summed E-state index contributed by atoms with van der Waals surface area (Å²) in [5.74, 6) is 0. The first-order chi connectivity index (χ1) is 10.9. The Morgan fingerprint density at radius 2 is 2.14 bits per heavy atom. The Morgan fingerprint density at radius 3 is 2.95 bits per heavy atom. The molecule has 0 aliphatic carbocycles. The first-order valence-corrected chi connectivity index (χ1v) is 7.87. The summed E-state index contributed by atoms with van der Waals surface area (Å²) in [6.45, 7) is 5.61. The van der Waals surface area contributed by atoms with E-state index in [4.69, 9.17) is 4.74 Å². The number of hydrogen-bond acceptors (Lipinski definition) is 4. The topological polar surface area (TPSA) is 64.1 Å². The fourth-order valence-electron chi connectivity index (χ4n) is 2.93. The molecule has 1 unspecified atom stereocenters. The number of nitriles is 1. The minimum atomic E-state index is -0.263. The summed E-state index contributed by atoms with van der Waals surface area (Å²) in [7, 11) is 0. The van der Waals surface area contributed by atoms with E-state index in [1.54, 1.807) is 0 Å². The van der Waals surface area contributed by atoms with Crippen molar-refractivity contribution in [1.82, 2.24) is 15.2 Å². The number of rotatable bonds is 6. The number of benzene rings is 1. The van der Waals surface area contributed by atoms with Crippen LogP contribution in [0.15, 0.2) is 30.5 Å². The number of ether oxygens (including phenoxy) is 1. The highest BCUT2D eigenvalue weighted by Crippen LogP contribution is 2.23. The number of aromatic amines is 1. The molecule has 0 amide bonds. The molecule has 1 aliphatic heterocycles. The number of hydrogen-bond donors (Lipinski definition) is 2. The second-order valence-corrected chi connectivity index (χ2v) is 5.61. The molecule has 2 N–H and O–H groups in total. The lowest BCUT2D eigenvalue weighted by Crippen LogP contribution is -2.37. The van der Waals surface area contributed by atoms with Crippen LogP contribution in [0.3, 0.4) is 0 Å². The van der Waals surface area contributed by atoms with Crippen LogP contribution in [-0.2, 0) is 4.74 Å². The summed E-state index contributed by atoms with van der Waals surface area (Å²) < 4.78 is 5.35. The summed E-state index contributed by atoms with van der Waals surface area (Å²) >= 11 is 0. The van der Waals surface area contributed by atoms with E-state index >= 15 is 0 Å². The van der Waals surface area contributed by atoms with Crippen molar-refractivity contribution in [2.75, 3.05) is 39.4 Å². The molecule has 1 aliphatic rings. The molecule has 1 aromatic heterocycles. The van der Waals surface area contributed by atoms with Crippen molar-refractivity contribution in [3.8, 4) is 6.07 Å². The maximum atomic E-state index is 9.45. The van der Waals surface area contributed by atoms with Crippen LogP contribution in [0.4, 0.5) is 0 Å². The van der Waals surface area contributed by atoms with Crippen LogP contribution < -0.4 is 5.32 Å². The second kappa shape index (κ2) is 7.41. The lowest BCUT2D eigenvalue weighted by atomic mass is 10.1. The van der Waals surface area contributed by atoms with E-state index in [0.717, 1.165) is 62.3 Å². The largest absolute Gasteiger partial charge is 0.379 e. The molecule has 5 nitrogen and oxygen atoms in total. The van der Waals surface area contributed by atoms with E-state index in [1.807, 2.05) is 24.4 Å². The van der Waals surface area contributed by atoms with Crippen molar-refractivity contribution in [3.05, 3.63) is 36.0 Å². The molecular weight excluding hydrogens is 276 g/mol. The maximum Gasteiger partial charge on any atom is 0.123 e.